The number of hydrogen-bond acceptors (Lipinski definition) is 2. The van der Waals surface area contributed by atoms with E-state index in [0.717, 1.165) is 12.0 Å². The van der Waals surface area contributed by atoms with Crippen molar-refractivity contribution in [2.45, 2.75) is 26.0 Å². The second-order valence-electron chi connectivity index (χ2n) is 4.55. The minimum atomic E-state index is -0.439. The molecule has 1 atom stereocenters. The minimum Gasteiger partial charge on any atom is -0.489 e. The number of benzene rings is 2. The standard InChI is InChI=1S/C16H17ClFNO/c1-2-14(19)12-7-3-4-9-15(12)20-10-11-6-5-8-13(18)16(11)17/h3-9,14H,2,10,19H2,1H3/t14-/m0/s1. The lowest BCUT2D eigenvalue weighted by Gasteiger charge is -2.16. The molecule has 0 bridgehead atoms. The van der Waals surface area contributed by atoms with Crippen LogP contribution in [0.4, 0.5) is 4.39 Å². The molecule has 106 valence electrons. The van der Waals surface area contributed by atoms with Crippen LogP contribution in [0.25, 0.3) is 0 Å². The van der Waals surface area contributed by atoms with Gasteiger partial charge < -0.3 is 10.5 Å². The van der Waals surface area contributed by atoms with Gasteiger partial charge in [-0.2, -0.15) is 0 Å². The summed E-state index contributed by atoms with van der Waals surface area (Å²) in [6, 6.07) is 12.2. The maximum Gasteiger partial charge on any atom is 0.142 e. The van der Waals surface area contributed by atoms with Gasteiger partial charge in [-0.05, 0) is 18.6 Å². The van der Waals surface area contributed by atoms with Crippen LogP contribution < -0.4 is 10.5 Å². The van der Waals surface area contributed by atoms with Crippen molar-refractivity contribution in [2.24, 2.45) is 5.73 Å². The van der Waals surface area contributed by atoms with Crippen molar-refractivity contribution < 1.29 is 9.13 Å². The Kier molecular flexibility index (Phi) is 4.99. The third kappa shape index (κ3) is 3.30. The molecule has 0 saturated heterocycles. The SMILES string of the molecule is CC[C@H](N)c1ccccc1OCc1cccc(F)c1Cl. The number of ether oxygens (including phenoxy) is 1. The lowest BCUT2D eigenvalue weighted by Crippen LogP contribution is -2.11. The van der Waals surface area contributed by atoms with Gasteiger partial charge >= 0.3 is 0 Å². The predicted molar refractivity (Wildman–Crippen MR) is 79.4 cm³/mol. The van der Waals surface area contributed by atoms with Crippen molar-refractivity contribution in [3.63, 3.8) is 0 Å². The molecule has 0 unspecified atom stereocenters. The van der Waals surface area contributed by atoms with Gasteiger partial charge in [-0.3, -0.25) is 0 Å². The zero-order valence-electron chi connectivity index (χ0n) is 11.3. The molecule has 2 N–H and O–H groups in total. The fourth-order valence-corrected chi connectivity index (χ4v) is 2.13. The topological polar surface area (TPSA) is 35.2 Å². The number of para-hydroxylation sites is 1. The third-order valence-corrected chi connectivity index (χ3v) is 3.60. The Balaban J connectivity index is 2.17. The average Bonchev–Trinajstić information content (AvgIpc) is 2.48. The molecule has 2 rings (SSSR count). The van der Waals surface area contributed by atoms with Gasteiger partial charge in [0.05, 0.1) is 5.02 Å². The quantitative estimate of drug-likeness (QED) is 0.883. The van der Waals surface area contributed by atoms with Crippen molar-refractivity contribution in [3.8, 4) is 5.75 Å². The summed E-state index contributed by atoms with van der Waals surface area (Å²) in [7, 11) is 0. The molecule has 0 aliphatic carbocycles. The van der Waals surface area contributed by atoms with Crippen LogP contribution in [-0.4, -0.2) is 0 Å². The van der Waals surface area contributed by atoms with Crippen LogP contribution in [0.3, 0.4) is 0 Å². The van der Waals surface area contributed by atoms with Crippen LogP contribution in [0.1, 0.15) is 30.5 Å². The molecule has 0 fully saturated rings. The minimum absolute atomic E-state index is 0.0748. The van der Waals surface area contributed by atoms with E-state index in [2.05, 4.69) is 0 Å². The van der Waals surface area contributed by atoms with Gasteiger partial charge in [-0.25, -0.2) is 4.39 Å². The molecular formula is C16H17ClFNO. The third-order valence-electron chi connectivity index (χ3n) is 3.17. The number of halogens is 2. The lowest BCUT2D eigenvalue weighted by atomic mass is 10.0. The Morgan fingerprint density at radius 1 is 1.20 bits per heavy atom. The second-order valence-corrected chi connectivity index (χ2v) is 4.93. The largest absolute Gasteiger partial charge is 0.489 e. The summed E-state index contributed by atoms with van der Waals surface area (Å²) in [5.74, 6) is 0.272. The highest BCUT2D eigenvalue weighted by atomic mass is 35.5. The van der Waals surface area contributed by atoms with Gasteiger partial charge in [0.1, 0.15) is 18.2 Å². The summed E-state index contributed by atoms with van der Waals surface area (Å²) in [5, 5.41) is 0.102. The summed E-state index contributed by atoms with van der Waals surface area (Å²) in [6.07, 6.45) is 0.821. The fraction of sp³-hybridized carbons (Fsp3) is 0.250. The molecule has 0 aliphatic heterocycles. The highest BCUT2D eigenvalue weighted by molar-refractivity contribution is 6.31. The zero-order chi connectivity index (χ0) is 14.5. The van der Waals surface area contributed by atoms with Crippen molar-refractivity contribution in [3.05, 3.63) is 64.4 Å². The normalized spacial score (nSPS) is 12.2. The maximum atomic E-state index is 13.4. The Hall–Kier alpha value is -1.58. The monoisotopic (exact) mass is 293 g/mol. The molecule has 0 amide bonds. The predicted octanol–water partition coefficient (Wildman–Crippen LogP) is 4.47. The van der Waals surface area contributed by atoms with E-state index in [1.54, 1.807) is 12.1 Å². The Morgan fingerprint density at radius 2 is 1.95 bits per heavy atom. The second kappa shape index (κ2) is 6.73. The summed E-state index contributed by atoms with van der Waals surface area (Å²) < 4.78 is 19.1. The van der Waals surface area contributed by atoms with E-state index in [-0.39, 0.29) is 17.7 Å². The molecule has 0 heterocycles. The van der Waals surface area contributed by atoms with Crippen molar-refractivity contribution >= 4 is 11.6 Å². The Labute approximate surface area is 123 Å². The first-order valence-electron chi connectivity index (χ1n) is 6.53. The van der Waals surface area contributed by atoms with E-state index in [1.165, 1.54) is 6.07 Å². The van der Waals surface area contributed by atoms with Gasteiger partial charge in [0.2, 0.25) is 0 Å². The van der Waals surface area contributed by atoms with E-state index in [4.69, 9.17) is 22.1 Å². The van der Waals surface area contributed by atoms with Crippen molar-refractivity contribution in [1.82, 2.24) is 0 Å². The van der Waals surface area contributed by atoms with Gasteiger partial charge in [0.15, 0.2) is 0 Å². The molecule has 0 aliphatic rings. The Bertz CT molecular complexity index is 588. The molecule has 0 aromatic heterocycles. The Morgan fingerprint density at radius 3 is 2.70 bits per heavy atom. The fourth-order valence-electron chi connectivity index (χ4n) is 1.95. The average molecular weight is 294 g/mol. The molecule has 2 nitrogen and oxygen atoms in total. The highest BCUT2D eigenvalue weighted by Gasteiger charge is 2.11. The van der Waals surface area contributed by atoms with Crippen LogP contribution in [0.5, 0.6) is 5.75 Å². The van der Waals surface area contributed by atoms with Crippen LogP contribution >= 0.6 is 11.6 Å². The van der Waals surface area contributed by atoms with E-state index in [0.29, 0.717) is 11.3 Å². The van der Waals surface area contributed by atoms with Crippen LogP contribution in [-0.2, 0) is 6.61 Å². The first kappa shape index (κ1) is 14.8. The summed E-state index contributed by atoms with van der Waals surface area (Å²) >= 11 is 5.91. The van der Waals surface area contributed by atoms with E-state index >= 15 is 0 Å². The smallest absolute Gasteiger partial charge is 0.142 e. The summed E-state index contributed by atoms with van der Waals surface area (Å²) in [5.41, 5.74) is 7.62. The molecular weight excluding hydrogens is 277 g/mol. The number of hydrogen-bond donors (Lipinski definition) is 1. The molecule has 20 heavy (non-hydrogen) atoms. The van der Waals surface area contributed by atoms with E-state index in [9.17, 15) is 4.39 Å². The molecule has 0 spiro atoms. The van der Waals surface area contributed by atoms with Gasteiger partial charge in [0, 0.05) is 17.2 Å². The zero-order valence-corrected chi connectivity index (χ0v) is 12.0. The van der Waals surface area contributed by atoms with E-state index in [1.807, 2.05) is 31.2 Å². The summed E-state index contributed by atoms with van der Waals surface area (Å²) in [6.45, 7) is 2.23. The molecule has 2 aromatic rings. The first-order chi connectivity index (χ1) is 9.63. The van der Waals surface area contributed by atoms with Crippen LogP contribution in [0.2, 0.25) is 5.02 Å². The van der Waals surface area contributed by atoms with Gasteiger partial charge in [-0.1, -0.05) is 48.9 Å². The molecule has 2 aromatic carbocycles. The lowest BCUT2D eigenvalue weighted by molar-refractivity contribution is 0.300. The molecule has 0 saturated carbocycles. The van der Waals surface area contributed by atoms with Crippen molar-refractivity contribution in [1.29, 1.82) is 0 Å². The summed E-state index contributed by atoms with van der Waals surface area (Å²) in [4.78, 5) is 0. The number of nitrogens with two attached hydrogens (primary N) is 1. The van der Waals surface area contributed by atoms with Gasteiger partial charge in [-0.15, -0.1) is 0 Å². The molecule has 0 radical (unpaired) electrons. The molecule has 4 heteroatoms. The maximum absolute atomic E-state index is 13.4. The van der Waals surface area contributed by atoms with Crippen LogP contribution in [0.15, 0.2) is 42.5 Å². The van der Waals surface area contributed by atoms with Gasteiger partial charge in [0.25, 0.3) is 0 Å². The number of rotatable bonds is 5. The van der Waals surface area contributed by atoms with E-state index < -0.39 is 5.82 Å². The first-order valence-corrected chi connectivity index (χ1v) is 6.91. The van der Waals surface area contributed by atoms with Crippen molar-refractivity contribution in [2.75, 3.05) is 0 Å². The highest BCUT2D eigenvalue weighted by Crippen LogP contribution is 2.27. The van der Waals surface area contributed by atoms with Crippen LogP contribution in [0, 0.1) is 5.82 Å².